The van der Waals surface area contributed by atoms with Crippen molar-refractivity contribution in [2.45, 2.75) is 13.5 Å². The second-order valence-corrected chi connectivity index (χ2v) is 7.45. The number of hydrazone groups is 1. The van der Waals surface area contributed by atoms with E-state index in [9.17, 15) is 9.59 Å². The molecule has 4 rings (SSSR count). The second-order valence-electron chi connectivity index (χ2n) is 7.45. The van der Waals surface area contributed by atoms with Crippen molar-refractivity contribution in [2.75, 3.05) is 5.32 Å². The van der Waals surface area contributed by atoms with Crippen LogP contribution in [0.4, 0.5) is 5.69 Å². The highest BCUT2D eigenvalue weighted by molar-refractivity contribution is 5.96. The van der Waals surface area contributed by atoms with Crippen LogP contribution in [0.5, 0.6) is 5.75 Å². The van der Waals surface area contributed by atoms with Crippen LogP contribution < -0.4 is 15.5 Å². The predicted molar refractivity (Wildman–Crippen MR) is 131 cm³/mol. The standard InChI is InChI=1S/C27H23N3O3/c1-19(31)29-24-13-11-22(12-14-24)27(32)30-28-17-20-9-15-25(16-10-20)33-18-23-7-4-6-21-5-2-3-8-26(21)23/h2-17H,18H2,1H3,(H,29,31)(H,30,32). The molecule has 0 aliphatic carbocycles. The van der Waals surface area contributed by atoms with Gasteiger partial charge in [-0.1, -0.05) is 42.5 Å². The molecule has 0 aliphatic rings. The van der Waals surface area contributed by atoms with Crippen molar-refractivity contribution in [3.63, 3.8) is 0 Å². The van der Waals surface area contributed by atoms with Crippen LogP contribution in [0.3, 0.4) is 0 Å². The van der Waals surface area contributed by atoms with Gasteiger partial charge < -0.3 is 10.1 Å². The Hall–Kier alpha value is -4.45. The van der Waals surface area contributed by atoms with Gasteiger partial charge in [-0.15, -0.1) is 0 Å². The number of carbonyl (C=O) groups is 2. The minimum atomic E-state index is -0.337. The lowest BCUT2D eigenvalue weighted by atomic mass is 10.1. The van der Waals surface area contributed by atoms with E-state index in [1.54, 1.807) is 30.5 Å². The van der Waals surface area contributed by atoms with Crippen LogP contribution >= 0.6 is 0 Å². The fourth-order valence-corrected chi connectivity index (χ4v) is 3.37. The Balaban J connectivity index is 1.31. The monoisotopic (exact) mass is 437 g/mol. The highest BCUT2D eigenvalue weighted by Crippen LogP contribution is 2.21. The molecule has 0 bridgehead atoms. The Morgan fingerprint density at radius 2 is 1.61 bits per heavy atom. The third-order valence-electron chi connectivity index (χ3n) is 5.00. The quantitative estimate of drug-likeness (QED) is 0.310. The van der Waals surface area contributed by atoms with Crippen molar-refractivity contribution in [3.8, 4) is 5.75 Å². The zero-order valence-corrected chi connectivity index (χ0v) is 18.1. The lowest BCUT2D eigenvalue weighted by molar-refractivity contribution is -0.114. The number of benzene rings is 4. The van der Waals surface area contributed by atoms with Crippen molar-refractivity contribution in [1.82, 2.24) is 5.43 Å². The van der Waals surface area contributed by atoms with Gasteiger partial charge in [0.25, 0.3) is 5.91 Å². The Morgan fingerprint density at radius 3 is 2.36 bits per heavy atom. The first kappa shape index (κ1) is 21.8. The molecule has 0 aliphatic heterocycles. The first-order chi connectivity index (χ1) is 16.1. The molecule has 0 saturated heterocycles. The molecule has 2 N–H and O–H groups in total. The third-order valence-corrected chi connectivity index (χ3v) is 5.00. The summed E-state index contributed by atoms with van der Waals surface area (Å²) in [6.45, 7) is 1.91. The zero-order chi connectivity index (χ0) is 23.0. The van der Waals surface area contributed by atoms with Gasteiger partial charge in [-0.05, 0) is 70.4 Å². The van der Waals surface area contributed by atoms with Gasteiger partial charge in [0.2, 0.25) is 5.91 Å². The molecular weight excluding hydrogens is 414 g/mol. The summed E-state index contributed by atoms with van der Waals surface area (Å²) in [5.74, 6) is 0.251. The van der Waals surface area contributed by atoms with E-state index in [4.69, 9.17) is 4.74 Å². The number of ether oxygens (including phenoxy) is 1. The number of carbonyl (C=O) groups excluding carboxylic acids is 2. The fraction of sp³-hybridized carbons (Fsp3) is 0.0741. The Labute approximate surface area is 191 Å². The molecule has 4 aromatic rings. The van der Waals surface area contributed by atoms with Crippen LogP contribution in [0.15, 0.2) is 96.1 Å². The smallest absolute Gasteiger partial charge is 0.271 e. The number of nitrogens with zero attached hydrogens (tertiary/aromatic N) is 1. The van der Waals surface area contributed by atoms with Gasteiger partial charge in [-0.2, -0.15) is 5.10 Å². The van der Waals surface area contributed by atoms with E-state index in [1.807, 2.05) is 42.5 Å². The van der Waals surface area contributed by atoms with Crippen LogP contribution in [0.25, 0.3) is 10.8 Å². The van der Waals surface area contributed by atoms with E-state index >= 15 is 0 Å². The molecule has 2 amide bonds. The number of rotatable bonds is 7. The van der Waals surface area contributed by atoms with Gasteiger partial charge in [-0.25, -0.2) is 5.43 Å². The molecule has 0 spiro atoms. The largest absolute Gasteiger partial charge is 0.489 e. The number of amides is 2. The molecule has 0 radical (unpaired) electrons. The summed E-state index contributed by atoms with van der Waals surface area (Å²) >= 11 is 0. The molecule has 0 aromatic heterocycles. The maximum Gasteiger partial charge on any atom is 0.271 e. The van der Waals surface area contributed by atoms with Gasteiger partial charge in [0.05, 0.1) is 6.21 Å². The summed E-state index contributed by atoms with van der Waals surface area (Å²) in [7, 11) is 0. The number of nitrogens with one attached hydrogen (secondary N) is 2. The molecule has 0 fully saturated rings. The number of hydrogen-bond donors (Lipinski definition) is 2. The Kier molecular flexibility index (Phi) is 6.75. The fourth-order valence-electron chi connectivity index (χ4n) is 3.37. The van der Waals surface area contributed by atoms with Gasteiger partial charge in [0.1, 0.15) is 12.4 Å². The van der Waals surface area contributed by atoms with Crippen LogP contribution in [-0.4, -0.2) is 18.0 Å². The molecule has 0 atom stereocenters. The Morgan fingerprint density at radius 1 is 0.879 bits per heavy atom. The van der Waals surface area contributed by atoms with E-state index in [-0.39, 0.29) is 11.8 Å². The first-order valence-electron chi connectivity index (χ1n) is 10.5. The second kappa shape index (κ2) is 10.2. The minimum Gasteiger partial charge on any atom is -0.489 e. The molecule has 6 nitrogen and oxygen atoms in total. The van der Waals surface area contributed by atoms with Crippen LogP contribution in [-0.2, 0) is 11.4 Å². The van der Waals surface area contributed by atoms with Crippen LogP contribution in [0, 0.1) is 0 Å². The lowest BCUT2D eigenvalue weighted by Crippen LogP contribution is -2.17. The summed E-state index contributed by atoms with van der Waals surface area (Å²) in [6.07, 6.45) is 1.57. The molecule has 33 heavy (non-hydrogen) atoms. The molecule has 6 heteroatoms. The molecule has 0 unspecified atom stereocenters. The van der Waals surface area contributed by atoms with Crippen LogP contribution in [0.1, 0.15) is 28.4 Å². The molecular formula is C27H23N3O3. The maximum atomic E-state index is 12.2. The lowest BCUT2D eigenvalue weighted by Gasteiger charge is -2.09. The molecule has 4 aromatic carbocycles. The highest BCUT2D eigenvalue weighted by Gasteiger charge is 2.05. The normalized spacial score (nSPS) is 10.8. The number of anilines is 1. The first-order valence-corrected chi connectivity index (χ1v) is 10.5. The maximum absolute atomic E-state index is 12.2. The summed E-state index contributed by atoms with van der Waals surface area (Å²) in [5, 5.41) is 9.04. The van der Waals surface area contributed by atoms with Crippen molar-refractivity contribution in [1.29, 1.82) is 0 Å². The van der Waals surface area contributed by atoms with Gasteiger partial charge in [0.15, 0.2) is 0 Å². The summed E-state index contributed by atoms with van der Waals surface area (Å²) in [6, 6.07) is 28.5. The van der Waals surface area contributed by atoms with Crippen molar-refractivity contribution >= 4 is 34.5 Å². The van der Waals surface area contributed by atoms with Gasteiger partial charge in [0, 0.05) is 18.2 Å². The van der Waals surface area contributed by atoms with Crippen molar-refractivity contribution in [2.24, 2.45) is 5.10 Å². The van der Waals surface area contributed by atoms with Gasteiger partial charge in [-0.3, -0.25) is 9.59 Å². The average Bonchev–Trinajstić information content (AvgIpc) is 2.83. The molecule has 0 heterocycles. The average molecular weight is 437 g/mol. The van der Waals surface area contributed by atoms with Crippen molar-refractivity contribution < 1.29 is 14.3 Å². The summed E-state index contributed by atoms with van der Waals surface area (Å²) < 4.78 is 5.95. The summed E-state index contributed by atoms with van der Waals surface area (Å²) in [4.78, 5) is 23.3. The number of fused-ring (bicyclic) bond motifs is 1. The minimum absolute atomic E-state index is 0.165. The predicted octanol–water partition coefficient (Wildman–Crippen LogP) is 5.14. The summed E-state index contributed by atoms with van der Waals surface area (Å²) in [5.41, 5.74) is 5.53. The SMILES string of the molecule is CC(=O)Nc1ccc(C(=O)NN=Cc2ccc(OCc3cccc4ccccc34)cc2)cc1. The van der Waals surface area contributed by atoms with Gasteiger partial charge >= 0.3 is 0 Å². The highest BCUT2D eigenvalue weighted by atomic mass is 16.5. The van der Waals surface area contributed by atoms with E-state index in [2.05, 4.69) is 40.1 Å². The topological polar surface area (TPSA) is 79.8 Å². The van der Waals surface area contributed by atoms with Crippen molar-refractivity contribution in [3.05, 3.63) is 108 Å². The number of hydrogen-bond acceptors (Lipinski definition) is 4. The van der Waals surface area contributed by atoms with E-state index < -0.39 is 0 Å². The Bertz CT molecular complexity index is 1290. The van der Waals surface area contributed by atoms with E-state index in [0.717, 1.165) is 16.9 Å². The molecule has 0 saturated carbocycles. The zero-order valence-electron chi connectivity index (χ0n) is 18.1. The van der Waals surface area contributed by atoms with E-state index in [0.29, 0.717) is 17.9 Å². The third kappa shape index (κ3) is 5.83. The van der Waals surface area contributed by atoms with Crippen LogP contribution in [0.2, 0.25) is 0 Å². The van der Waals surface area contributed by atoms with E-state index in [1.165, 1.54) is 17.7 Å². The molecule has 164 valence electrons.